The van der Waals surface area contributed by atoms with Crippen LogP contribution in [0.15, 0.2) is 18.2 Å². The van der Waals surface area contributed by atoms with Crippen molar-refractivity contribution in [2.45, 2.75) is 13.3 Å². The zero-order valence-electron chi connectivity index (χ0n) is 11.2. The lowest BCUT2D eigenvalue weighted by atomic mass is 10.2. The van der Waals surface area contributed by atoms with Gasteiger partial charge in [0.15, 0.2) is 0 Å². The van der Waals surface area contributed by atoms with Crippen LogP contribution in [-0.4, -0.2) is 25.0 Å². The summed E-state index contributed by atoms with van der Waals surface area (Å²) in [4.78, 5) is 23.5. The van der Waals surface area contributed by atoms with E-state index in [0.717, 1.165) is 11.3 Å². The molecule has 0 saturated carbocycles. The Bertz CT molecular complexity index is 686. The van der Waals surface area contributed by atoms with Crippen molar-refractivity contribution in [3.63, 3.8) is 0 Å². The standard InChI is InChI=1S/C14H13ClFNO3S/c1-2-20-11(18)5-6-17-14(19)13-12(15)9-4-3-8(16)7-10(9)21-13/h3-4,7H,2,5-6H2,1H3,(H,17,19). The molecule has 112 valence electrons. The Labute approximate surface area is 129 Å². The van der Waals surface area contributed by atoms with Crippen LogP contribution in [0.25, 0.3) is 10.1 Å². The molecule has 2 aromatic rings. The van der Waals surface area contributed by atoms with E-state index in [9.17, 15) is 14.0 Å². The van der Waals surface area contributed by atoms with E-state index in [1.165, 1.54) is 12.1 Å². The molecular weight excluding hydrogens is 317 g/mol. The summed E-state index contributed by atoms with van der Waals surface area (Å²) < 4.78 is 18.5. The van der Waals surface area contributed by atoms with Crippen molar-refractivity contribution in [1.29, 1.82) is 0 Å². The SMILES string of the molecule is CCOC(=O)CCNC(=O)c1sc2cc(F)ccc2c1Cl. The van der Waals surface area contributed by atoms with Gasteiger partial charge in [0.2, 0.25) is 0 Å². The topological polar surface area (TPSA) is 55.4 Å². The Balaban J connectivity index is 2.06. The number of benzene rings is 1. The third-order valence-electron chi connectivity index (χ3n) is 2.72. The Morgan fingerprint density at radius 3 is 2.90 bits per heavy atom. The molecule has 1 aromatic heterocycles. The molecule has 0 aliphatic carbocycles. The van der Waals surface area contributed by atoms with Crippen LogP contribution < -0.4 is 5.32 Å². The van der Waals surface area contributed by atoms with E-state index in [0.29, 0.717) is 26.6 Å². The number of esters is 1. The Morgan fingerprint density at radius 1 is 1.43 bits per heavy atom. The summed E-state index contributed by atoms with van der Waals surface area (Å²) in [6, 6.07) is 4.17. The van der Waals surface area contributed by atoms with Crippen LogP contribution in [0, 0.1) is 5.82 Å². The van der Waals surface area contributed by atoms with Crippen molar-refractivity contribution >= 4 is 44.9 Å². The molecule has 7 heteroatoms. The highest BCUT2D eigenvalue weighted by atomic mass is 35.5. The summed E-state index contributed by atoms with van der Waals surface area (Å²) in [6.45, 7) is 2.18. The van der Waals surface area contributed by atoms with Gasteiger partial charge in [0.25, 0.3) is 5.91 Å². The lowest BCUT2D eigenvalue weighted by Crippen LogP contribution is -2.26. The fraction of sp³-hybridized carbons (Fsp3) is 0.286. The molecule has 1 heterocycles. The van der Waals surface area contributed by atoms with Gasteiger partial charge in [-0.05, 0) is 25.1 Å². The number of halogens is 2. The van der Waals surface area contributed by atoms with Crippen LogP contribution >= 0.6 is 22.9 Å². The summed E-state index contributed by atoms with van der Waals surface area (Å²) in [5, 5.41) is 3.53. The quantitative estimate of drug-likeness (QED) is 0.856. The minimum absolute atomic E-state index is 0.0940. The lowest BCUT2D eigenvalue weighted by molar-refractivity contribution is -0.142. The van der Waals surface area contributed by atoms with Crippen LogP contribution in [0.2, 0.25) is 5.02 Å². The molecule has 0 unspecified atom stereocenters. The number of carbonyl (C=O) groups excluding carboxylic acids is 2. The average molecular weight is 330 g/mol. The third-order valence-corrected chi connectivity index (χ3v) is 4.37. The summed E-state index contributed by atoms with van der Waals surface area (Å²) in [5.41, 5.74) is 0. The number of amides is 1. The number of thiophene rings is 1. The number of fused-ring (bicyclic) bond motifs is 1. The smallest absolute Gasteiger partial charge is 0.307 e. The van der Waals surface area contributed by atoms with Crippen molar-refractivity contribution in [3.05, 3.63) is 33.9 Å². The average Bonchev–Trinajstić information content (AvgIpc) is 2.75. The number of rotatable bonds is 5. The molecule has 0 spiro atoms. The van der Waals surface area contributed by atoms with Gasteiger partial charge in [0, 0.05) is 16.6 Å². The van der Waals surface area contributed by atoms with E-state index in [-0.39, 0.29) is 30.7 Å². The first-order valence-electron chi connectivity index (χ1n) is 6.34. The van der Waals surface area contributed by atoms with Crippen molar-refractivity contribution in [2.24, 2.45) is 0 Å². The van der Waals surface area contributed by atoms with E-state index in [1.807, 2.05) is 0 Å². The van der Waals surface area contributed by atoms with Gasteiger partial charge in [-0.2, -0.15) is 0 Å². The molecule has 0 aliphatic rings. The van der Waals surface area contributed by atoms with E-state index < -0.39 is 0 Å². The second-order valence-electron chi connectivity index (χ2n) is 4.20. The Hall–Kier alpha value is -1.66. The van der Waals surface area contributed by atoms with E-state index in [1.54, 1.807) is 13.0 Å². The first-order valence-corrected chi connectivity index (χ1v) is 7.53. The molecule has 0 fully saturated rings. The van der Waals surface area contributed by atoms with Crippen molar-refractivity contribution < 1.29 is 18.7 Å². The highest BCUT2D eigenvalue weighted by Gasteiger charge is 2.17. The zero-order chi connectivity index (χ0) is 15.4. The largest absolute Gasteiger partial charge is 0.466 e. The van der Waals surface area contributed by atoms with Crippen molar-refractivity contribution in [2.75, 3.05) is 13.2 Å². The van der Waals surface area contributed by atoms with E-state index >= 15 is 0 Å². The maximum Gasteiger partial charge on any atom is 0.307 e. The van der Waals surface area contributed by atoms with Gasteiger partial charge in [0.1, 0.15) is 10.7 Å². The number of nitrogens with one attached hydrogen (secondary N) is 1. The molecule has 0 radical (unpaired) electrons. The summed E-state index contributed by atoms with van der Waals surface area (Å²) in [6.07, 6.45) is 0.0940. The first kappa shape index (κ1) is 15.7. The first-order chi connectivity index (χ1) is 10.0. The highest BCUT2D eigenvalue weighted by molar-refractivity contribution is 7.21. The zero-order valence-corrected chi connectivity index (χ0v) is 12.8. The van der Waals surface area contributed by atoms with Crippen LogP contribution in [0.3, 0.4) is 0 Å². The number of hydrogen-bond donors (Lipinski definition) is 1. The number of carbonyl (C=O) groups is 2. The molecule has 0 bridgehead atoms. The second kappa shape index (κ2) is 6.87. The maximum atomic E-state index is 13.2. The monoisotopic (exact) mass is 329 g/mol. The van der Waals surface area contributed by atoms with Gasteiger partial charge in [0.05, 0.1) is 18.1 Å². The third kappa shape index (κ3) is 3.71. The number of ether oxygens (including phenoxy) is 1. The minimum atomic E-state index is -0.383. The highest BCUT2D eigenvalue weighted by Crippen LogP contribution is 2.35. The molecular formula is C14H13ClFNO3S. The van der Waals surface area contributed by atoms with Gasteiger partial charge >= 0.3 is 5.97 Å². The molecule has 1 amide bonds. The van der Waals surface area contributed by atoms with Crippen LogP contribution in [0.4, 0.5) is 4.39 Å². The van der Waals surface area contributed by atoms with Crippen LogP contribution in [0.5, 0.6) is 0 Å². The van der Waals surface area contributed by atoms with Gasteiger partial charge in [-0.1, -0.05) is 11.6 Å². The predicted molar refractivity (Wildman–Crippen MR) is 80.4 cm³/mol. The lowest BCUT2D eigenvalue weighted by Gasteiger charge is -2.04. The van der Waals surface area contributed by atoms with Gasteiger partial charge in [-0.25, -0.2) is 4.39 Å². The van der Waals surface area contributed by atoms with Gasteiger partial charge in [-0.3, -0.25) is 9.59 Å². The number of hydrogen-bond acceptors (Lipinski definition) is 4. The van der Waals surface area contributed by atoms with Gasteiger partial charge < -0.3 is 10.1 Å². The molecule has 0 saturated heterocycles. The molecule has 0 aliphatic heterocycles. The molecule has 4 nitrogen and oxygen atoms in total. The van der Waals surface area contributed by atoms with Gasteiger partial charge in [-0.15, -0.1) is 11.3 Å². The molecule has 1 N–H and O–H groups in total. The van der Waals surface area contributed by atoms with E-state index in [4.69, 9.17) is 16.3 Å². The van der Waals surface area contributed by atoms with E-state index in [2.05, 4.69) is 5.32 Å². The fourth-order valence-electron chi connectivity index (χ4n) is 1.78. The molecule has 0 atom stereocenters. The van der Waals surface area contributed by atoms with Crippen LogP contribution in [-0.2, 0) is 9.53 Å². The Kier molecular flexibility index (Phi) is 5.14. The maximum absolute atomic E-state index is 13.2. The van der Waals surface area contributed by atoms with Crippen molar-refractivity contribution in [1.82, 2.24) is 5.32 Å². The minimum Gasteiger partial charge on any atom is -0.466 e. The molecule has 2 rings (SSSR count). The second-order valence-corrected chi connectivity index (χ2v) is 5.63. The summed E-state index contributed by atoms with van der Waals surface area (Å²) in [7, 11) is 0. The molecule has 21 heavy (non-hydrogen) atoms. The summed E-state index contributed by atoms with van der Waals surface area (Å²) in [5.74, 6) is -1.14. The fourth-order valence-corrected chi connectivity index (χ4v) is 3.23. The summed E-state index contributed by atoms with van der Waals surface area (Å²) >= 11 is 7.25. The van der Waals surface area contributed by atoms with Crippen molar-refractivity contribution in [3.8, 4) is 0 Å². The normalized spacial score (nSPS) is 10.6. The predicted octanol–water partition coefficient (Wildman–Crippen LogP) is 3.38. The van der Waals surface area contributed by atoms with Crippen LogP contribution in [0.1, 0.15) is 23.0 Å². The molecule has 1 aromatic carbocycles. The Morgan fingerprint density at radius 2 is 2.19 bits per heavy atom.